The minimum atomic E-state index is -1.98. The number of fused-ring (bicyclic) bond motifs is 3. The Morgan fingerprint density at radius 3 is 2.27 bits per heavy atom. The van der Waals surface area contributed by atoms with Gasteiger partial charge in [-0.05, 0) is 56.5 Å². The van der Waals surface area contributed by atoms with Crippen LogP contribution < -0.4 is 5.19 Å². The van der Waals surface area contributed by atoms with E-state index in [0.29, 0.717) is 5.92 Å². The standard InChI is InChI=1S/C35H43NSi/c1-10-37(11-2)32-21-25(20-23(3)4)16-17-28(32)29-18-19-36(9)33(34(29)37)30-22-31(35(6,7)8)27-15-13-12-14-26(27)24(30)5/h12-19,21-23H,9-11,20H2,1-8H3. The van der Waals surface area contributed by atoms with Crippen molar-refractivity contribution in [2.75, 3.05) is 0 Å². The van der Waals surface area contributed by atoms with E-state index in [-0.39, 0.29) is 5.41 Å². The summed E-state index contributed by atoms with van der Waals surface area (Å²) in [6.07, 6.45) is 5.68. The third kappa shape index (κ3) is 3.96. The van der Waals surface area contributed by atoms with Gasteiger partial charge in [-0.15, -0.1) is 0 Å². The minimum Gasteiger partial charge on any atom is -0.255 e. The summed E-state index contributed by atoms with van der Waals surface area (Å²) in [6.45, 7) is 23.4. The first-order valence-corrected chi connectivity index (χ1v) is 16.5. The van der Waals surface area contributed by atoms with Gasteiger partial charge in [-0.3, -0.25) is 4.58 Å². The van der Waals surface area contributed by atoms with E-state index in [1.54, 1.807) is 10.4 Å². The second kappa shape index (κ2) is 9.17. The van der Waals surface area contributed by atoms with E-state index >= 15 is 0 Å². The molecular formula is C35H43NSi. The maximum atomic E-state index is 4.58. The molecule has 0 unspecified atom stereocenters. The Morgan fingerprint density at radius 1 is 0.973 bits per heavy atom. The smallest absolute Gasteiger partial charge is 0.147 e. The van der Waals surface area contributed by atoms with Crippen LogP contribution in [-0.4, -0.2) is 19.4 Å². The zero-order valence-corrected chi connectivity index (χ0v) is 25.1. The number of allylic oxidation sites excluding steroid dienone is 2. The number of hydrogen-bond acceptors (Lipinski definition) is 0. The van der Waals surface area contributed by atoms with Crippen molar-refractivity contribution in [3.8, 4) is 0 Å². The summed E-state index contributed by atoms with van der Waals surface area (Å²) in [5, 5.41) is 5.98. The van der Waals surface area contributed by atoms with Crippen LogP contribution in [0.5, 0.6) is 0 Å². The molecule has 0 aliphatic carbocycles. The summed E-state index contributed by atoms with van der Waals surface area (Å²) in [7, 11) is -1.98. The molecule has 5 rings (SSSR count). The van der Waals surface area contributed by atoms with Gasteiger partial charge in [-0.2, -0.15) is 0 Å². The van der Waals surface area contributed by atoms with Crippen LogP contribution in [0.4, 0.5) is 0 Å². The molecule has 0 atom stereocenters. The molecule has 0 saturated heterocycles. The SMILES string of the molecule is C=[N+]1C=CC2=C([C-]1c1cc(C(C)(C)C)c3ccccc3c1C)[Si](CC)(CC)c1cc(CC(C)C)ccc12. The van der Waals surface area contributed by atoms with E-state index in [9.17, 15) is 0 Å². The van der Waals surface area contributed by atoms with Crippen LogP contribution >= 0.6 is 0 Å². The van der Waals surface area contributed by atoms with Crippen molar-refractivity contribution in [2.45, 2.75) is 79.3 Å². The Kier molecular flexibility index (Phi) is 6.39. The van der Waals surface area contributed by atoms with Crippen molar-refractivity contribution in [2.24, 2.45) is 5.92 Å². The van der Waals surface area contributed by atoms with Gasteiger partial charge in [0.1, 0.15) is 20.3 Å². The average Bonchev–Trinajstić information content (AvgIpc) is 3.13. The van der Waals surface area contributed by atoms with E-state index in [0.717, 1.165) is 6.42 Å². The number of aryl methyl sites for hydroxylation is 1. The molecule has 192 valence electrons. The van der Waals surface area contributed by atoms with Crippen LogP contribution in [0, 0.1) is 18.9 Å². The summed E-state index contributed by atoms with van der Waals surface area (Å²) in [5.41, 5.74) is 8.57. The molecule has 3 aromatic rings. The van der Waals surface area contributed by atoms with Crippen LogP contribution in [0.3, 0.4) is 0 Å². The van der Waals surface area contributed by atoms with Crippen molar-refractivity contribution >= 4 is 36.3 Å². The molecule has 2 heteroatoms. The molecule has 0 spiro atoms. The molecule has 1 nitrogen and oxygen atoms in total. The summed E-state index contributed by atoms with van der Waals surface area (Å²) in [6, 6.07) is 22.6. The number of rotatable bonds is 5. The fraction of sp³-hybridized carbons (Fsp3) is 0.371. The van der Waals surface area contributed by atoms with Crippen LogP contribution in [0.1, 0.15) is 76.3 Å². The van der Waals surface area contributed by atoms with Crippen molar-refractivity contribution in [1.82, 2.24) is 0 Å². The number of nitrogens with zero attached hydrogens (tertiary/aromatic N) is 1. The van der Waals surface area contributed by atoms with E-state index in [2.05, 4.69) is 127 Å². The van der Waals surface area contributed by atoms with Gasteiger partial charge in [0.25, 0.3) is 0 Å². The highest BCUT2D eigenvalue weighted by Crippen LogP contribution is 2.49. The molecular weight excluding hydrogens is 462 g/mol. The lowest BCUT2D eigenvalue weighted by molar-refractivity contribution is -0.418. The normalized spacial score (nSPS) is 16.7. The fourth-order valence-corrected chi connectivity index (χ4v) is 11.8. The highest BCUT2D eigenvalue weighted by molar-refractivity contribution is 7.01. The molecule has 37 heavy (non-hydrogen) atoms. The molecule has 3 aromatic carbocycles. The van der Waals surface area contributed by atoms with Crippen molar-refractivity contribution in [3.63, 3.8) is 0 Å². The molecule has 0 amide bonds. The molecule has 0 bridgehead atoms. The van der Waals surface area contributed by atoms with Crippen molar-refractivity contribution in [1.29, 1.82) is 0 Å². The average molecular weight is 506 g/mol. The second-order valence-electron chi connectivity index (χ2n) is 12.6. The Labute approximate surface area is 225 Å². The first-order chi connectivity index (χ1) is 17.5. The summed E-state index contributed by atoms with van der Waals surface area (Å²) in [5.74, 6) is 0.662. The van der Waals surface area contributed by atoms with Gasteiger partial charge in [-0.1, -0.05) is 138 Å². The summed E-state index contributed by atoms with van der Waals surface area (Å²) < 4.78 is 2.18. The van der Waals surface area contributed by atoms with Gasteiger partial charge in [0.05, 0.1) is 6.72 Å². The lowest BCUT2D eigenvalue weighted by atomic mass is 9.79. The minimum absolute atomic E-state index is 0.0464. The molecule has 0 radical (unpaired) electrons. The van der Waals surface area contributed by atoms with Gasteiger partial charge in [0.15, 0.2) is 0 Å². The van der Waals surface area contributed by atoms with Crippen molar-refractivity contribution in [3.05, 3.63) is 99.9 Å². The predicted octanol–water partition coefficient (Wildman–Crippen LogP) is 8.47. The third-order valence-electron chi connectivity index (χ3n) is 8.81. The monoisotopic (exact) mass is 505 g/mol. The summed E-state index contributed by atoms with van der Waals surface area (Å²) >= 11 is 0. The molecule has 2 heterocycles. The topological polar surface area (TPSA) is 3.01 Å². The highest BCUT2D eigenvalue weighted by Gasteiger charge is 2.49. The van der Waals surface area contributed by atoms with Crippen LogP contribution in [0.15, 0.2) is 66.0 Å². The first-order valence-electron chi connectivity index (χ1n) is 14.1. The lowest BCUT2D eigenvalue weighted by Crippen LogP contribution is -2.49. The molecule has 0 aromatic heterocycles. The maximum Gasteiger partial charge on any atom is 0.147 e. The van der Waals surface area contributed by atoms with E-state index < -0.39 is 8.07 Å². The van der Waals surface area contributed by atoms with Crippen molar-refractivity contribution < 1.29 is 4.58 Å². The summed E-state index contributed by atoms with van der Waals surface area (Å²) in [4.78, 5) is 0. The Balaban J connectivity index is 1.79. The Morgan fingerprint density at radius 2 is 1.65 bits per heavy atom. The van der Waals surface area contributed by atoms with Gasteiger partial charge in [0, 0.05) is 0 Å². The van der Waals surface area contributed by atoms with E-state index in [1.807, 2.05) is 0 Å². The maximum absolute atomic E-state index is 4.58. The second-order valence-corrected chi connectivity index (χ2v) is 17.2. The predicted molar refractivity (Wildman–Crippen MR) is 165 cm³/mol. The van der Waals surface area contributed by atoms with E-state index in [1.165, 1.54) is 62.3 Å². The van der Waals surface area contributed by atoms with Crippen LogP contribution in [0.2, 0.25) is 12.1 Å². The highest BCUT2D eigenvalue weighted by atomic mass is 28.3. The largest absolute Gasteiger partial charge is 0.255 e. The van der Waals surface area contributed by atoms with Crippen LogP contribution in [-0.2, 0) is 11.8 Å². The lowest BCUT2D eigenvalue weighted by Gasteiger charge is -2.37. The molecule has 0 N–H and O–H groups in total. The zero-order chi connectivity index (χ0) is 26.7. The Bertz CT molecular complexity index is 1460. The molecule has 2 aliphatic rings. The molecule has 2 aliphatic heterocycles. The third-order valence-corrected chi connectivity index (χ3v) is 14.1. The van der Waals surface area contributed by atoms with Crippen LogP contribution in [0.25, 0.3) is 16.3 Å². The quantitative estimate of drug-likeness (QED) is 0.186. The zero-order valence-electron chi connectivity index (χ0n) is 24.1. The van der Waals surface area contributed by atoms with E-state index in [4.69, 9.17) is 0 Å². The van der Waals surface area contributed by atoms with Gasteiger partial charge >= 0.3 is 0 Å². The Hall–Kier alpha value is -2.84. The molecule has 0 fully saturated rings. The van der Waals surface area contributed by atoms with Gasteiger partial charge < -0.3 is 0 Å². The first kappa shape index (κ1) is 25.8. The van der Waals surface area contributed by atoms with Gasteiger partial charge in [-0.25, -0.2) is 0 Å². The molecule has 0 saturated carbocycles. The fourth-order valence-electron chi connectivity index (χ4n) is 6.92. The van der Waals surface area contributed by atoms with Gasteiger partial charge in [0.2, 0.25) is 0 Å². The number of benzene rings is 3. The number of hydrogen-bond donors (Lipinski definition) is 0.